The highest BCUT2D eigenvalue weighted by molar-refractivity contribution is 6.30. The van der Waals surface area contributed by atoms with Crippen LogP contribution in [0.25, 0.3) is 17.3 Å². The Labute approximate surface area is 192 Å². The molecule has 7 heteroatoms. The largest absolute Gasteiger partial charge is 0.339 e. The molecule has 0 spiro atoms. The van der Waals surface area contributed by atoms with Crippen LogP contribution in [-0.2, 0) is 11.3 Å². The van der Waals surface area contributed by atoms with Crippen LogP contribution in [0.2, 0.25) is 5.02 Å². The third-order valence-electron chi connectivity index (χ3n) is 5.52. The molecule has 1 saturated heterocycles. The second kappa shape index (κ2) is 10.4. The first kappa shape index (κ1) is 22.0. The molecule has 164 valence electrons. The molecule has 6 nitrogen and oxygen atoms in total. The predicted molar refractivity (Wildman–Crippen MR) is 127 cm³/mol. The molecule has 1 fully saturated rings. The van der Waals surface area contributed by atoms with E-state index < -0.39 is 0 Å². The molecule has 1 amide bonds. The van der Waals surface area contributed by atoms with E-state index in [1.165, 1.54) is 22.5 Å². The summed E-state index contributed by atoms with van der Waals surface area (Å²) in [5, 5.41) is 0.625. The lowest BCUT2D eigenvalue weighted by Gasteiger charge is -2.34. The molecule has 0 N–H and O–H groups in total. The minimum atomic E-state index is -0.247. The molecular formula is C25H25ClN4O2. The van der Waals surface area contributed by atoms with Gasteiger partial charge in [0.25, 0.3) is 5.56 Å². The first-order chi connectivity index (χ1) is 15.6. The van der Waals surface area contributed by atoms with Crippen LogP contribution in [0.5, 0.6) is 0 Å². The van der Waals surface area contributed by atoms with Gasteiger partial charge in [-0.25, -0.2) is 4.98 Å². The Bertz CT molecular complexity index is 1130. The molecule has 1 aliphatic rings. The second-order valence-electron chi connectivity index (χ2n) is 7.74. The van der Waals surface area contributed by atoms with Crippen LogP contribution >= 0.6 is 11.6 Å². The van der Waals surface area contributed by atoms with Gasteiger partial charge in [0.15, 0.2) is 0 Å². The molecule has 2 heterocycles. The molecule has 3 aromatic rings. The lowest BCUT2D eigenvalue weighted by molar-refractivity contribution is -0.133. The Hall–Kier alpha value is -3.22. The van der Waals surface area contributed by atoms with Crippen molar-refractivity contribution in [3.8, 4) is 11.3 Å². The van der Waals surface area contributed by atoms with Gasteiger partial charge in [0.1, 0.15) is 6.54 Å². The number of nitrogens with zero attached hydrogens (tertiary/aromatic N) is 4. The number of hydrogen-bond donors (Lipinski definition) is 0. The maximum Gasteiger partial charge on any atom is 0.254 e. The summed E-state index contributed by atoms with van der Waals surface area (Å²) in [6.45, 7) is 3.79. The van der Waals surface area contributed by atoms with Crippen molar-refractivity contribution < 1.29 is 4.79 Å². The Morgan fingerprint density at radius 2 is 1.72 bits per heavy atom. The van der Waals surface area contributed by atoms with Crippen molar-refractivity contribution in [2.45, 2.75) is 6.54 Å². The number of rotatable bonds is 6. The van der Waals surface area contributed by atoms with Crippen LogP contribution in [-0.4, -0.2) is 58.0 Å². The summed E-state index contributed by atoms with van der Waals surface area (Å²) >= 11 is 5.91. The van der Waals surface area contributed by atoms with Gasteiger partial charge in [0.2, 0.25) is 5.91 Å². The highest BCUT2D eigenvalue weighted by atomic mass is 35.5. The van der Waals surface area contributed by atoms with Crippen LogP contribution < -0.4 is 5.56 Å². The first-order valence-corrected chi connectivity index (χ1v) is 11.0. The number of benzene rings is 2. The highest BCUT2D eigenvalue weighted by Gasteiger charge is 2.21. The summed E-state index contributed by atoms with van der Waals surface area (Å²) in [5.41, 5.74) is 2.31. The normalized spacial score (nSPS) is 14.7. The van der Waals surface area contributed by atoms with Crippen LogP contribution in [0.3, 0.4) is 0 Å². The molecule has 0 atom stereocenters. The van der Waals surface area contributed by atoms with E-state index in [4.69, 9.17) is 11.6 Å². The van der Waals surface area contributed by atoms with Crippen molar-refractivity contribution in [2.75, 3.05) is 32.7 Å². The van der Waals surface area contributed by atoms with Crippen LogP contribution in [0.4, 0.5) is 0 Å². The Morgan fingerprint density at radius 1 is 1.00 bits per heavy atom. The van der Waals surface area contributed by atoms with Gasteiger partial charge in [-0.05, 0) is 17.7 Å². The molecule has 2 aromatic carbocycles. The SMILES string of the molecule is O=C(Cn1cnc(-c2ccc(Cl)cc2)cc1=O)N1CCN(C/C=C/c2ccccc2)CC1. The number of halogens is 1. The third kappa shape index (κ3) is 5.72. The topological polar surface area (TPSA) is 58.4 Å². The summed E-state index contributed by atoms with van der Waals surface area (Å²) in [7, 11) is 0. The molecule has 0 bridgehead atoms. The average Bonchev–Trinajstić information content (AvgIpc) is 2.82. The van der Waals surface area contributed by atoms with E-state index in [0.717, 1.165) is 25.2 Å². The zero-order chi connectivity index (χ0) is 22.3. The Kier molecular flexibility index (Phi) is 7.14. The lowest BCUT2D eigenvalue weighted by atomic mass is 10.1. The van der Waals surface area contributed by atoms with E-state index in [9.17, 15) is 9.59 Å². The molecule has 0 unspecified atom stereocenters. The van der Waals surface area contributed by atoms with E-state index in [0.29, 0.717) is 23.8 Å². The molecule has 1 aromatic heterocycles. The maximum atomic E-state index is 12.7. The Balaban J connectivity index is 1.29. The van der Waals surface area contributed by atoms with Crippen molar-refractivity contribution in [1.29, 1.82) is 0 Å². The van der Waals surface area contributed by atoms with E-state index in [2.05, 4.69) is 34.2 Å². The zero-order valence-corrected chi connectivity index (χ0v) is 18.5. The summed E-state index contributed by atoms with van der Waals surface area (Å²) in [5.74, 6) is -0.0624. The summed E-state index contributed by atoms with van der Waals surface area (Å²) < 4.78 is 1.36. The van der Waals surface area contributed by atoms with Crippen molar-refractivity contribution in [2.24, 2.45) is 0 Å². The summed E-state index contributed by atoms with van der Waals surface area (Å²) in [4.78, 5) is 33.7. The molecule has 0 aliphatic carbocycles. The average molecular weight is 449 g/mol. The van der Waals surface area contributed by atoms with Crippen molar-refractivity contribution in [3.63, 3.8) is 0 Å². The summed E-state index contributed by atoms with van der Waals surface area (Å²) in [6, 6.07) is 18.8. The van der Waals surface area contributed by atoms with Gasteiger partial charge in [0.05, 0.1) is 12.0 Å². The number of carbonyl (C=O) groups is 1. The fraction of sp³-hybridized carbons (Fsp3) is 0.240. The third-order valence-corrected chi connectivity index (χ3v) is 5.78. The monoisotopic (exact) mass is 448 g/mol. The van der Waals surface area contributed by atoms with E-state index in [-0.39, 0.29) is 18.0 Å². The molecule has 0 radical (unpaired) electrons. The molecule has 1 aliphatic heterocycles. The fourth-order valence-electron chi connectivity index (χ4n) is 3.65. The number of amides is 1. The van der Waals surface area contributed by atoms with Gasteiger partial charge in [-0.3, -0.25) is 19.1 Å². The maximum absolute atomic E-state index is 12.7. The predicted octanol–water partition coefficient (Wildman–Crippen LogP) is 3.42. The fourth-order valence-corrected chi connectivity index (χ4v) is 3.78. The van der Waals surface area contributed by atoms with Gasteiger partial charge in [-0.1, -0.05) is 66.2 Å². The zero-order valence-electron chi connectivity index (χ0n) is 17.7. The Morgan fingerprint density at radius 3 is 2.41 bits per heavy atom. The van der Waals surface area contributed by atoms with Gasteiger partial charge in [-0.2, -0.15) is 0 Å². The molecule has 32 heavy (non-hydrogen) atoms. The smallest absolute Gasteiger partial charge is 0.254 e. The number of carbonyl (C=O) groups excluding carboxylic acids is 1. The van der Waals surface area contributed by atoms with Crippen LogP contribution in [0.1, 0.15) is 5.56 Å². The molecular weight excluding hydrogens is 424 g/mol. The molecule has 0 saturated carbocycles. The summed E-state index contributed by atoms with van der Waals surface area (Å²) in [6.07, 6.45) is 5.71. The lowest BCUT2D eigenvalue weighted by Crippen LogP contribution is -2.49. The first-order valence-electron chi connectivity index (χ1n) is 10.6. The van der Waals surface area contributed by atoms with Crippen molar-refractivity contribution >= 4 is 23.6 Å². The highest BCUT2D eigenvalue weighted by Crippen LogP contribution is 2.18. The standard InChI is InChI=1S/C25H25ClN4O2/c26-22-10-8-21(9-11-22)23-17-24(31)30(19-27-23)18-25(32)29-15-13-28(14-16-29)12-4-7-20-5-2-1-3-6-20/h1-11,17,19H,12-16,18H2/b7-4+. The number of aromatic nitrogens is 2. The minimum absolute atomic E-state index is 0.000636. The van der Waals surface area contributed by atoms with E-state index >= 15 is 0 Å². The van der Waals surface area contributed by atoms with Crippen molar-refractivity contribution in [1.82, 2.24) is 19.4 Å². The quantitative estimate of drug-likeness (QED) is 0.579. The molecule has 4 rings (SSSR count). The van der Waals surface area contributed by atoms with Gasteiger partial charge in [0, 0.05) is 49.4 Å². The van der Waals surface area contributed by atoms with Gasteiger partial charge < -0.3 is 4.90 Å². The van der Waals surface area contributed by atoms with Crippen LogP contribution in [0, 0.1) is 0 Å². The van der Waals surface area contributed by atoms with Gasteiger partial charge >= 0.3 is 0 Å². The van der Waals surface area contributed by atoms with Crippen molar-refractivity contribution in [3.05, 3.63) is 94.0 Å². The van der Waals surface area contributed by atoms with E-state index in [1.54, 1.807) is 12.1 Å². The number of piperazine rings is 1. The second-order valence-corrected chi connectivity index (χ2v) is 8.18. The minimum Gasteiger partial charge on any atom is -0.339 e. The van der Waals surface area contributed by atoms with E-state index in [1.807, 2.05) is 35.2 Å². The van der Waals surface area contributed by atoms with Crippen LogP contribution in [0.15, 0.2) is 77.9 Å². The van der Waals surface area contributed by atoms with Gasteiger partial charge in [-0.15, -0.1) is 0 Å². The number of hydrogen-bond acceptors (Lipinski definition) is 4.